The normalized spacial score (nSPS) is 20.3. The van der Waals surface area contributed by atoms with Crippen molar-refractivity contribution >= 4 is 0 Å². The highest BCUT2D eigenvalue weighted by Gasteiger charge is 2.23. The molecule has 0 bridgehead atoms. The fourth-order valence-corrected chi connectivity index (χ4v) is 3.70. The molecule has 1 atom stereocenters. The van der Waals surface area contributed by atoms with Crippen molar-refractivity contribution < 1.29 is 4.74 Å². The summed E-state index contributed by atoms with van der Waals surface area (Å²) in [5.74, 6) is 1.68. The summed E-state index contributed by atoms with van der Waals surface area (Å²) in [7, 11) is 0. The standard InChI is InChI=1S/C19H21NO/c1-2-7-19-18(6-1)15(9-11-21-19)12-14-4-3-5-16-13-20-10-8-17(14)16/h1-7,15,20H,8-13H2. The largest absolute Gasteiger partial charge is 0.493 e. The van der Waals surface area contributed by atoms with Gasteiger partial charge in [0.1, 0.15) is 5.75 Å². The van der Waals surface area contributed by atoms with E-state index in [4.69, 9.17) is 4.74 Å². The number of hydrogen-bond donors (Lipinski definition) is 1. The van der Waals surface area contributed by atoms with Crippen LogP contribution in [-0.2, 0) is 19.4 Å². The van der Waals surface area contributed by atoms with Gasteiger partial charge < -0.3 is 10.1 Å². The van der Waals surface area contributed by atoms with Crippen molar-refractivity contribution in [1.82, 2.24) is 5.32 Å². The predicted octanol–water partition coefficient (Wildman–Crippen LogP) is 3.44. The minimum atomic E-state index is 0.594. The van der Waals surface area contributed by atoms with Crippen LogP contribution in [0.5, 0.6) is 5.75 Å². The number of benzene rings is 2. The number of fused-ring (bicyclic) bond motifs is 2. The Kier molecular flexibility index (Phi) is 3.40. The van der Waals surface area contributed by atoms with Crippen LogP contribution in [-0.4, -0.2) is 13.2 Å². The second-order valence-corrected chi connectivity index (χ2v) is 6.06. The Hall–Kier alpha value is -1.80. The Bertz CT molecular complexity index is 650. The second kappa shape index (κ2) is 5.53. The van der Waals surface area contributed by atoms with Gasteiger partial charge in [0.25, 0.3) is 0 Å². The lowest BCUT2D eigenvalue weighted by Crippen LogP contribution is -2.25. The Balaban J connectivity index is 1.66. The molecule has 0 saturated carbocycles. The Labute approximate surface area is 126 Å². The molecule has 2 heteroatoms. The number of hydrogen-bond acceptors (Lipinski definition) is 2. The molecule has 0 fully saturated rings. The van der Waals surface area contributed by atoms with Crippen molar-refractivity contribution in [2.24, 2.45) is 0 Å². The van der Waals surface area contributed by atoms with Crippen LogP contribution in [0, 0.1) is 0 Å². The van der Waals surface area contributed by atoms with Gasteiger partial charge in [-0.3, -0.25) is 0 Å². The van der Waals surface area contributed by atoms with Gasteiger partial charge in [0, 0.05) is 6.54 Å². The van der Waals surface area contributed by atoms with Gasteiger partial charge in [-0.05, 0) is 60.0 Å². The van der Waals surface area contributed by atoms with Crippen LogP contribution in [0.15, 0.2) is 42.5 Å². The van der Waals surface area contributed by atoms with Gasteiger partial charge in [0.15, 0.2) is 0 Å². The fraction of sp³-hybridized carbons (Fsp3) is 0.368. The summed E-state index contributed by atoms with van der Waals surface area (Å²) in [4.78, 5) is 0. The molecule has 0 aliphatic carbocycles. The third kappa shape index (κ3) is 2.44. The molecule has 4 rings (SSSR count). The Morgan fingerprint density at radius 1 is 1.10 bits per heavy atom. The number of ether oxygens (including phenoxy) is 1. The molecule has 2 nitrogen and oxygen atoms in total. The maximum absolute atomic E-state index is 5.79. The molecule has 2 heterocycles. The summed E-state index contributed by atoms with van der Waals surface area (Å²) in [6, 6.07) is 15.3. The van der Waals surface area contributed by atoms with Crippen molar-refractivity contribution in [3.8, 4) is 5.75 Å². The van der Waals surface area contributed by atoms with E-state index in [9.17, 15) is 0 Å². The Morgan fingerprint density at radius 3 is 3.05 bits per heavy atom. The Morgan fingerprint density at radius 2 is 2.05 bits per heavy atom. The number of nitrogens with one attached hydrogen (secondary N) is 1. The van der Waals surface area contributed by atoms with Crippen LogP contribution in [0.3, 0.4) is 0 Å². The molecular formula is C19H21NO. The van der Waals surface area contributed by atoms with Crippen LogP contribution < -0.4 is 10.1 Å². The smallest absolute Gasteiger partial charge is 0.122 e. The van der Waals surface area contributed by atoms with Crippen LogP contribution in [0.25, 0.3) is 0 Å². The van der Waals surface area contributed by atoms with Crippen molar-refractivity contribution in [1.29, 1.82) is 0 Å². The molecule has 2 aliphatic rings. The summed E-state index contributed by atoms with van der Waals surface area (Å²) in [6.45, 7) is 2.97. The molecular weight excluding hydrogens is 258 g/mol. The summed E-state index contributed by atoms with van der Waals surface area (Å²) in [5, 5.41) is 3.47. The van der Waals surface area contributed by atoms with E-state index in [0.29, 0.717) is 5.92 Å². The highest BCUT2D eigenvalue weighted by molar-refractivity contribution is 5.42. The van der Waals surface area contributed by atoms with Gasteiger partial charge >= 0.3 is 0 Å². The van der Waals surface area contributed by atoms with Crippen molar-refractivity contribution in [3.05, 3.63) is 64.7 Å². The van der Waals surface area contributed by atoms with Gasteiger partial charge in [0.2, 0.25) is 0 Å². The molecule has 2 aromatic carbocycles. The first kappa shape index (κ1) is 12.9. The fourth-order valence-electron chi connectivity index (χ4n) is 3.70. The lowest BCUT2D eigenvalue weighted by molar-refractivity contribution is 0.266. The molecule has 0 radical (unpaired) electrons. The summed E-state index contributed by atoms with van der Waals surface area (Å²) in [5.41, 5.74) is 5.99. The molecule has 2 aliphatic heterocycles. The van der Waals surface area contributed by atoms with Gasteiger partial charge in [-0.1, -0.05) is 36.4 Å². The van der Waals surface area contributed by atoms with Gasteiger partial charge in [-0.2, -0.15) is 0 Å². The average molecular weight is 279 g/mol. The van der Waals surface area contributed by atoms with Crippen molar-refractivity contribution in [3.63, 3.8) is 0 Å². The van der Waals surface area contributed by atoms with Crippen LogP contribution in [0.1, 0.15) is 34.6 Å². The van der Waals surface area contributed by atoms with E-state index in [1.54, 1.807) is 5.56 Å². The first-order valence-corrected chi connectivity index (χ1v) is 7.94. The van der Waals surface area contributed by atoms with E-state index < -0.39 is 0 Å². The predicted molar refractivity (Wildman–Crippen MR) is 84.9 cm³/mol. The molecule has 0 spiro atoms. The quantitative estimate of drug-likeness (QED) is 0.909. The van der Waals surface area contributed by atoms with Crippen molar-refractivity contribution in [2.75, 3.05) is 13.2 Å². The molecule has 108 valence electrons. The van der Waals surface area contributed by atoms with Crippen LogP contribution in [0.2, 0.25) is 0 Å². The van der Waals surface area contributed by atoms with E-state index in [-0.39, 0.29) is 0 Å². The van der Waals surface area contributed by atoms with E-state index in [1.165, 1.54) is 16.7 Å². The number of para-hydroxylation sites is 1. The molecule has 2 aromatic rings. The highest BCUT2D eigenvalue weighted by Crippen LogP contribution is 2.36. The minimum absolute atomic E-state index is 0.594. The zero-order valence-electron chi connectivity index (χ0n) is 12.3. The van der Waals surface area contributed by atoms with E-state index in [1.807, 2.05) is 0 Å². The van der Waals surface area contributed by atoms with E-state index in [0.717, 1.165) is 44.7 Å². The molecule has 21 heavy (non-hydrogen) atoms. The first-order valence-electron chi connectivity index (χ1n) is 7.94. The summed E-state index contributed by atoms with van der Waals surface area (Å²) < 4.78 is 5.79. The average Bonchev–Trinajstić information content (AvgIpc) is 2.56. The van der Waals surface area contributed by atoms with E-state index >= 15 is 0 Å². The maximum atomic E-state index is 5.79. The van der Waals surface area contributed by atoms with Crippen molar-refractivity contribution in [2.45, 2.75) is 31.7 Å². The second-order valence-electron chi connectivity index (χ2n) is 6.06. The van der Waals surface area contributed by atoms with Crippen LogP contribution in [0.4, 0.5) is 0 Å². The summed E-state index contributed by atoms with van der Waals surface area (Å²) in [6.07, 6.45) is 3.43. The molecule has 0 amide bonds. The number of rotatable bonds is 2. The monoisotopic (exact) mass is 279 g/mol. The maximum Gasteiger partial charge on any atom is 0.122 e. The zero-order valence-corrected chi connectivity index (χ0v) is 12.3. The minimum Gasteiger partial charge on any atom is -0.493 e. The third-order valence-electron chi connectivity index (χ3n) is 4.79. The zero-order chi connectivity index (χ0) is 14.1. The SMILES string of the molecule is c1cc2c(c(CC3CCOc4ccccc43)c1)CCNC2. The third-order valence-corrected chi connectivity index (χ3v) is 4.79. The first-order chi connectivity index (χ1) is 10.4. The summed E-state index contributed by atoms with van der Waals surface area (Å²) >= 11 is 0. The van der Waals surface area contributed by atoms with E-state index in [2.05, 4.69) is 47.8 Å². The molecule has 0 saturated heterocycles. The topological polar surface area (TPSA) is 21.3 Å². The van der Waals surface area contributed by atoms with Gasteiger partial charge in [-0.25, -0.2) is 0 Å². The molecule has 1 N–H and O–H groups in total. The molecule has 1 unspecified atom stereocenters. The van der Waals surface area contributed by atoms with Gasteiger partial charge in [-0.15, -0.1) is 0 Å². The lowest BCUT2D eigenvalue weighted by Gasteiger charge is -2.28. The lowest BCUT2D eigenvalue weighted by atomic mass is 9.84. The van der Waals surface area contributed by atoms with Crippen LogP contribution >= 0.6 is 0 Å². The molecule has 0 aromatic heterocycles. The van der Waals surface area contributed by atoms with Gasteiger partial charge in [0.05, 0.1) is 6.61 Å². The highest BCUT2D eigenvalue weighted by atomic mass is 16.5.